The van der Waals surface area contributed by atoms with Crippen LogP contribution in [-0.2, 0) is 31.9 Å². The van der Waals surface area contributed by atoms with Crippen LogP contribution in [-0.4, -0.2) is 29.6 Å². The van der Waals surface area contributed by atoms with Gasteiger partial charge in [-0.3, -0.25) is 18.7 Å². The number of hydrogen-bond donors (Lipinski definition) is 1. The first-order chi connectivity index (χ1) is 14.4. The molecule has 0 aliphatic heterocycles. The lowest BCUT2D eigenvalue weighted by Crippen LogP contribution is -2.37. The minimum Gasteiger partial charge on any atom is -0.315 e. The summed E-state index contributed by atoms with van der Waals surface area (Å²) in [4.78, 5) is 47.0. The third-order valence-corrected chi connectivity index (χ3v) is 5.96. The molecule has 0 bridgehead atoms. The highest BCUT2D eigenvalue weighted by Gasteiger charge is 2.18. The standard InChI is InChI=1S/C20H20N6O3S/c1-4-13-15(12-8-6-5-7-9-12)23-19(30-13)22-14(27)10-26-11-21-17-16(26)18(28)25(3)20(29)24(17)2/h5-9,11H,4,10H2,1-3H3,(H,22,23,27). The molecule has 0 aliphatic rings. The Balaban J connectivity index is 1.62. The van der Waals surface area contributed by atoms with E-state index in [0.717, 1.165) is 27.1 Å². The third-order valence-electron chi connectivity index (χ3n) is 4.84. The smallest absolute Gasteiger partial charge is 0.315 e. The topological polar surface area (TPSA) is 104 Å². The fraction of sp³-hybridized carbons (Fsp3) is 0.250. The van der Waals surface area contributed by atoms with E-state index < -0.39 is 11.2 Å². The Morgan fingerprint density at radius 1 is 1.13 bits per heavy atom. The number of thiazole rings is 1. The Morgan fingerprint density at radius 2 is 1.87 bits per heavy atom. The predicted molar refractivity (Wildman–Crippen MR) is 116 cm³/mol. The molecule has 1 amide bonds. The highest BCUT2D eigenvalue weighted by atomic mass is 32.1. The molecule has 0 unspecified atom stereocenters. The van der Waals surface area contributed by atoms with Gasteiger partial charge in [0.05, 0.1) is 12.0 Å². The van der Waals surface area contributed by atoms with Gasteiger partial charge in [0.25, 0.3) is 5.56 Å². The molecule has 3 aromatic heterocycles. The molecule has 0 aliphatic carbocycles. The molecule has 10 heteroatoms. The summed E-state index contributed by atoms with van der Waals surface area (Å²) in [7, 11) is 2.93. The summed E-state index contributed by atoms with van der Waals surface area (Å²) < 4.78 is 3.73. The van der Waals surface area contributed by atoms with Gasteiger partial charge < -0.3 is 9.88 Å². The average molecular weight is 424 g/mol. The number of imidazole rings is 1. The predicted octanol–water partition coefficient (Wildman–Crippen LogP) is 1.76. The van der Waals surface area contributed by atoms with Gasteiger partial charge >= 0.3 is 5.69 Å². The summed E-state index contributed by atoms with van der Waals surface area (Å²) in [5.41, 5.74) is 1.34. The van der Waals surface area contributed by atoms with Crippen LogP contribution in [0.3, 0.4) is 0 Å². The molecular weight excluding hydrogens is 404 g/mol. The fourth-order valence-electron chi connectivity index (χ4n) is 3.30. The second kappa shape index (κ2) is 7.71. The van der Waals surface area contributed by atoms with Crippen LogP contribution in [0.4, 0.5) is 5.13 Å². The molecule has 4 aromatic rings. The van der Waals surface area contributed by atoms with Gasteiger partial charge in [0.2, 0.25) is 5.91 Å². The summed E-state index contributed by atoms with van der Waals surface area (Å²) in [6.45, 7) is 1.93. The van der Waals surface area contributed by atoms with Gasteiger partial charge in [-0.2, -0.15) is 0 Å². The van der Waals surface area contributed by atoms with E-state index in [0.29, 0.717) is 5.13 Å². The van der Waals surface area contributed by atoms with Crippen molar-refractivity contribution >= 4 is 33.5 Å². The van der Waals surface area contributed by atoms with Gasteiger partial charge in [0.15, 0.2) is 16.3 Å². The van der Waals surface area contributed by atoms with Crippen LogP contribution < -0.4 is 16.6 Å². The fourth-order valence-corrected chi connectivity index (χ4v) is 4.24. The third kappa shape index (κ3) is 3.35. The highest BCUT2D eigenvalue weighted by Crippen LogP contribution is 2.31. The second-order valence-corrected chi connectivity index (χ2v) is 7.89. The van der Waals surface area contributed by atoms with Gasteiger partial charge in [-0.05, 0) is 6.42 Å². The molecule has 1 aromatic carbocycles. The maximum atomic E-state index is 12.6. The Hall–Kier alpha value is -3.53. The minimum absolute atomic E-state index is 0.119. The van der Waals surface area contributed by atoms with Crippen molar-refractivity contribution < 1.29 is 4.79 Å². The quantitative estimate of drug-likeness (QED) is 0.526. The van der Waals surface area contributed by atoms with E-state index in [1.807, 2.05) is 37.3 Å². The van der Waals surface area contributed by atoms with E-state index in [1.165, 1.54) is 40.9 Å². The van der Waals surface area contributed by atoms with Crippen molar-refractivity contribution in [2.75, 3.05) is 5.32 Å². The van der Waals surface area contributed by atoms with Gasteiger partial charge in [0, 0.05) is 24.5 Å². The van der Waals surface area contributed by atoms with Crippen molar-refractivity contribution in [3.8, 4) is 11.3 Å². The molecule has 0 spiro atoms. The van der Waals surface area contributed by atoms with Crippen LogP contribution >= 0.6 is 11.3 Å². The first-order valence-corrected chi connectivity index (χ1v) is 10.2. The van der Waals surface area contributed by atoms with E-state index in [9.17, 15) is 14.4 Å². The zero-order valence-corrected chi connectivity index (χ0v) is 17.6. The zero-order valence-electron chi connectivity index (χ0n) is 16.7. The van der Waals surface area contributed by atoms with Crippen LogP contribution in [0, 0.1) is 0 Å². The zero-order chi connectivity index (χ0) is 21.4. The Bertz CT molecular complexity index is 1360. The van der Waals surface area contributed by atoms with E-state index >= 15 is 0 Å². The molecule has 3 heterocycles. The van der Waals surface area contributed by atoms with Crippen LogP contribution in [0.25, 0.3) is 22.4 Å². The van der Waals surface area contributed by atoms with Crippen LogP contribution in [0.2, 0.25) is 0 Å². The number of aromatic nitrogens is 5. The first kappa shape index (κ1) is 19.8. The number of hydrogen-bond acceptors (Lipinski definition) is 6. The van der Waals surface area contributed by atoms with E-state index in [1.54, 1.807) is 0 Å². The van der Waals surface area contributed by atoms with Crippen LogP contribution in [0.1, 0.15) is 11.8 Å². The SMILES string of the molecule is CCc1sc(NC(=O)Cn2cnc3c2c(=O)n(C)c(=O)n3C)nc1-c1ccccc1. The number of nitrogens with zero attached hydrogens (tertiary/aromatic N) is 5. The molecule has 9 nitrogen and oxygen atoms in total. The van der Waals surface area contributed by atoms with Crippen LogP contribution in [0.15, 0.2) is 46.2 Å². The maximum Gasteiger partial charge on any atom is 0.332 e. The lowest BCUT2D eigenvalue weighted by molar-refractivity contribution is -0.116. The van der Waals surface area contributed by atoms with E-state index in [2.05, 4.69) is 15.3 Å². The number of rotatable bonds is 5. The molecule has 0 saturated carbocycles. The molecule has 4 rings (SSSR count). The Morgan fingerprint density at radius 3 is 2.57 bits per heavy atom. The number of fused-ring (bicyclic) bond motifs is 1. The van der Waals surface area contributed by atoms with Crippen molar-refractivity contribution in [1.82, 2.24) is 23.7 Å². The van der Waals surface area contributed by atoms with Gasteiger partial charge in [-0.25, -0.2) is 14.8 Å². The Kier molecular flexibility index (Phi) is 5.08. The summed E-state index contributed by atoms with van der Waals surface area (Å²) in [5.74, 6) is -0.332. The normalized spacial score (nSPS) is 11.2. The molecule has 0 atom stereocenters. The molecule has 30 heavy (non-hydrogen) atoms. The summed E-state index contributed by atoms with van der Waals surface area (Å²) in [6.07, 6.45) is 2.19. The number of benzene rings is 1. The minimum atomic E-state index is -0.493. The van der Waals surface area contributed by atoms with Crippen LogP contribution in [0.5, 0.6) is 0 Å². The van der Waals surface area contributed by atoms with Crippen molar-refractivity contribution in [2.24, 2.45) is 14.1 Å². The molecular formula is C20H20N6O3S. The summed E-state index contributed by atoms with van der Waals surface area (Å²) in [5, 5.41) is 3.31. The lowest BCUT2D eigenvalue weighted by atomic mass is 10.1. The van der Waals surface area contributed by atoms with Gasteiger partial charge in [0.1, 0.15) is 6.54 Å². The number of amides is 1. The van der Waals surface area contributed by atoms with Gasteiger partial charge in [-0.1, -0.05) is 37.3 Å². The van der Waals surface area contributed by atoms with E-state index in [-0.39, 0.29) is 23.6 Å². The number of carbonyl (C=O) groups is 1. The van der Waals surface area contributed by atoms with Crippen molar-refractivity contribution in [1.29, 1.82) is 0 Å². The molecule has 154 valence electrons. The molecule has 0 radical (unpaired) electrons. The molecule has 1 N–H and O–H groups in total. The number of nitrogens with one attached hydrogen (secondary N) is 1. The first-order valence-electron chi connectivity index (χ1n) is 9.36. The number of anilines is 1. The number of aryl methyl sites for hydroxylation is 2. The monoisotopic (exact) mass is 424 g/mol. The largest absolute Gasteiger partial charge is 0.332 e. The summed E-state index contributed by atoms with van der Waals surface area (Å²) >= 11 is 1.43. The average Bonchev–Trinajstić information content (AvgIpc) is 3.35. The maximum absolute atomic E-state index is 12.6. The lowest BCUT2D eigenvalue weighted by Gasteiger charge is -2.06. The van der Waals surface area contributed by atoms with Crippen molar-refractivity contribution in [3.63, 3.8) is 0 Å². The van der Waals surface area contributed by atoms with Crippen molar-refractivity contribution in [3.05, 3.63) is 62.4 Å². The molecule has 0 saturated heterocycles. The molecule has 0 fully saturated rings. The highest BCUT2D eigenvalue weighted by molar-refractivity contribution is 7.16. The van der Waals surface area contributed by atoms with Gasteiger partial charge in [-0.15, -0.1) is 11.3 Å². The van der Waals surface area contributed by atoms with E-state index in [4.69, 9.17) is 0 Å². The number of carbonyl (C=O) groups excluding carboxylic acids is 1. The summed E-state index contributed by atoms with van der Waals surface area (Å²) in [6, 6.07) is 9.81. The Labute approximate surface area is 175 Å². The second-order valence-electron chi connectivity index (χ2n) is 6.81. The van der Waals surface area contributed by atoms with Crippen molar-refractivity contribution in [2.45, 2.75) is 19.9 Å².